The normalized spacial score (nSPS) is 10.8. The molecule has 0 aliphatic carbocycles. The highest BCUT2D eigenvalue weighted by Crippen LogP contribution is 2.14. The lowest BCUT2D eigenvalue weighted by atomic mass is 10.1. The molecule has 4 heteroatoms. The Morgan fingerprint density at radius 3 is 2.42 bits per heavy atom. The van der Waals surface area contributed by atoms with Gasteiger partial charge in [-0.25, -0.2) is 8.78 Å². The third-order valence-corrected chi connectivity index (χ3v) is 1.84. The molecule has 1 heterocycles. The molecule has 0 spiro atoms. The molecule has 0 unspecified atom stereocenters. The molecule has 0 amide bonds. The molecule has 1 N–H and O–H groups in total. The number of halogens is 2. The number of aromatic nitrogens is 1. The second-order valence-electron chi connectivity index (χ2n) is 2.64. The predicted molar refractivity (Wildman–Crippen MR) is 40.6 cm³/mol. The fourth-order valence-corrected chi connectivity index (χ4v) is 0.959. The van der Waals surface area contributed by atoms with Crippen molar-refractivity contribution in [3.63, 3.8) is 0 Å². The highest BCUT2D eigenvalue weighted by molar-refractivity contribution is 5.98. The van der Waals surface area contributed by atoms with E-state index in [1.54, 1.807) is 20.0 Å². The SMILES string of the molecule is Cc1c[nH]c(C(=O)C(F)F)c1C. The zero-order valence-electron chi connectivity index (χ0n) is 6.82. The molecule has 0 aliphatic heterocycles. The molecule has 0 saturated carbocycles. The summed E-state index contributed by atoms with van der Waals surface area (Å²) in [7, 11) is 0. The van der Waals surface area contributed by atoms with Crippen LogP contribution in [0.15, 0.2) is 6.20 Å². The standard InChI is InChI=1S/C8H9F2NO/c1-4-3-11-6(5(4)2)7(12)8(9)10/h3,8,11H,1-2H3. The summed E-state index contributed by atoms with van der Waals surface area (Å²) in [4.78, 5) is 13.3. The maximum absolute atomic E-state index is 11.9. The second kappa shape index (κ2) is 3.05. The van der Waals surface area contributed by atoms with Crippen molar-refractivity contribution in [1.29, 1.82) is 0 Å². The fourth-order valence-electron chi connectivity index (χ4n) is 0.959. The number of hydrogen-bond acceptors (Lipinski definition) is 1. The van der Waals surface area contributed by atoms with Gasteiger partial charge >= 0.3 is 6.43 Å². The van der Waals surface area contributed by atoms with Crippen molar-refractivity contribution in [3.05, 3.63) is 23.0 Å². The van der Waals surface area contributed by atoms with Crippen LogP contribution < -0.4 is 0 Å². The molecular formula is C8H9F2NO. The average molecular weight is 173 g/mol. The van der Waals surface area contributed by atoms with E-state index < -0.39 is 12.2 Å². The van der Waals surface area contributed by atoms with Crippen molar-refractivity contribution in [1.82, 2.24) is 4.98 Å². The smallest absolute Gasteiger partial charge is 0.302 e. The molecular weight excluding hydrogens is 164 g/mol. The number of hydrogen-bond donors (Lipinski definition) is 1. The molecule has 2 nitrogen and oxygen atoms in total. The van der Waals surface area contributed by atoms with Gasteiger partial charge in [-0.2, -0.15) is 0 Å². The molecule has 12 heavy (non-hydrogen) atoms. The van der Waals surface area contributed by atoms with Gasteiger partial charge in [0.2, 0.25) is 5.78 Å². The van der Waals surface area contributed by atoms with Crippen molar-refractivity contribution in [3.8, 4) is 0 Å². The summed E-state index contributed by atoms with van der Waals surface area (Å²) < 4.78 is 23.9. The van der Waals surface area contributed by atoms with E-state index in [4.69, 9.17) is 0 Å². The summed E-state index contributed by atoms with van der Waals surface area (Å²) in [5.74, 6) is -1.14. The molecule has 1 aromatic rings. The summed E-state index contributed by atoms with van der Waals surface area (Å²) in [5.41, 5.74) is 1.43. The van der Waals surface area contributed by atoms with Gasteiger partial charge in [0.15, 0.2) is 0 Å². The molecule has 0 saturated heterocycles. The lowest BCUT2D eigenvalue weighted by Gasteiger charge is -1.97. The largest absolute Gasteiger partial charge is 0.358 e. The van der Waals surface area contributed by atoms with Crippen molar-refractivity contribution >= 4 is 5.78 Å². The lowest BCUT2D eigenvalue weighted by molar-refractivity contribution is 0.0673. The fraction of sp³-hybridized carbons (Fsp3) is 0.375. The molecule has 0 aliphatic rings. The van der Waals surface area contributed by atoms with Gasteiger partial charge in [-0.05, 0) is 25.0 Å². The van der Waals surface area contributed by atoms with Crippen molar-refractivity contribution < 1.29 is 13.6 Å². The molecule has 1 aromatic heterocycles. The van der Waals surface area contributed by atoms with Crippen molar-refractivity contribution in [2.75, 3.05) is 0 Å². The molecule has 1 rings (SSSR count). The van der Waals surface area contributed by atoms with E-state index in [1.807, 2.05) is 0 Å². The molecule has 0 radical (unpaired) electrons. The maximum atomic E-state index is 11.9. The highest BCUT2D eigenvalue weighted by atomic mass is 19.3. The molecule has 0 aromatic carbocycles. The van der Waals surface area contributed by atoms with Crippen LogP contribution in [0.4, 0.5) is 8.78 Å². The molecule has 0 atom stereocenters. The van der Waals surface area contributed by atoms with Crippen molar-refractivity contribution in [2.45, 2.75) is 20.3 Å². The first kappa shape index (κ1) is 8.90. The van der Waals surface area contributed by atoms with Gasteiger partial charge in [0.05, 0.1) is 5.69 Å². The number of carbonyl (C=O) groups excluding carboxylic acids is 1. The van der Waals surface area contributed by atoms with Gasteiger partial charge in [0.1, 0.15) is 0 Å². The number of Topliss-reactive ketones (excluding diaryl/α,β-unsaturated/α-hetero) is 1. The topological polar surface area (TPSA) is 32.9 Å². The van der Waals surface area contributed by atoms with Crippen LogP contribution in [0.2, 0.25) is 0 Å². The number of ketones is 1. The zero-order chi connectivity index (χ0) is 9.30. The monoisotopic (exact) mass is 173 g/mol. The number of nitrogens with one attached hydrogen (secondary N) is 1. The minimum Gasteiger partial charge on any atom is -0.358 e. The summed E-state index contributed by atoms with van der Waals surface area (Å²) >= 11 is 0. The number of H-pyrrole nitrogens is 1. The van der Waals surface area contributed by atoms with Crippen LogP contribution in [0.1, 0.15) is 21.6 Å². The van der Waals surface area contributed by atoms with E-state index in [-0.39, 0.29) is 5.69 Å². The van der Waals surface area contributed by atoms with Gasteiger partial charge in [-0.3, -0.25) is 4.79 Å². The van der Waals surface area contributed by atoms with Gasteiger partial charge in [0.25, 0.3) is 0 Å². The Morgan fingerprint density at radius 2 is 2.08 bits per heavy atom. The number of alkyl halides is 2. The summed E-state index contributed by atoms with van der Waals surface area (Å²) in [6.07, 6.45) is -1.38. The first-order chi connectivity index (χ1) is 5.54. The van der Waals surface area contributed by atoms with Crippen LogP contribution >= 0.6 is 0 Å². The van der Waals surface area contributed by atoms with Crippen LogP contribution in [0.5, 0.6) is 0 Å². The van der Waals surface area contributed by atoms with E-state index in [0.717, 1.165) is 5.56 Å². The van der Waals surface area contributed by atoms with Crippen LogP contribution in [0.3, 0.4) is 0 Å². The first-order valence-corrected chi connectivity index (χ1v) is 3.51. The zero-order valence-corrected chi connectivity index (χ0v) is 6.82. The Hall–Kier alpha value is -1.19. The number of aromatic amines is 1. The minimum absolute atomic E-state index is 0.0162. The van der Waals surface area contributed by atoms with Gasteiger partial charge in [-0.1, -0.05) is 0 Å². The summed E-state index contributed by atoms with van der Waals surface area (Å²) in [6, 6.07) is 0. The Labute approximate surface area is 68.6 Å². The van der Waals surface area contributed by atoms with Gasteiger partial charge in [0, 0.05) is 6.20 Å². The average Bonchev–Trinajstić information content (AvgIpc) is 2.32. The third-order valence-electron chi connectivity index (χ3n) is 1.84. The van der Waals surface area contributed by atoms with E-state index in [1.165, 1.54) is 0 Å². The summed E-state index contributed by atoms with van der Waals surface area (Å²) in [6.45, 7) is 3.40. The molecule has 0 bridgehead atoms. The van der Waals surface area contributed by atoms with Crippen LogP contribution in [0.25, 0.3) is 0 Å². The number of carbonyl (C=O) groups is 1. The quantitative estimate of drug-likeness (QED) is 0.682. The molecule has 0 fully saturated rings. The highest BCUT2D eigenvalue weighted by Gasteiger charge is 2.21. The van der Waals surface area contributed by atoms with Gasteiger partial charge in [-0.15, -0.1) is 0 Å². The third kappa shape index (κ3) is 1.37. The molecule has 66 valence electrons. The minimum atomic E-state index is -2.93. The Morgan fingerprint density at radius 1 is 1.50 bits per heavy atom. The number of aryl methyl sites for hydroxylation is 1. The maximum Gasteiger partial charge on any atom is 0.302 e. The number of rotatable bonds is 2. The first-order valence-electron chi connectivity index (χ1n) is 3.51. The van der Waals surface area contributed by atoms with Crippen LogP contribution in [-0.2, 0) is 0 Å². The summed E-state index contributed by atoms with van der Waals surface area (Å²) in [5, 5.41) is 0. The second-order valence-corrected chi connectivity index (χ2v) is 2.64. The van der Waals surface area contributed by atoms with E-state index in [0.29, 0.717) is 5.56 Å². The van der Waals surface area contributed by atoms with E-state index in [2.05, 4.69) is 4.98 Å². The van der Waals surface area contributed by atoms with Crippen LogP contribution in [-0.4, -0.2) is 17.2 Å². The lowest BCUT2D eigenvalue weighted by Crippen LogP contribution is -2.11. The van der Waals surface area contributed by atoms with E-state index in [9.17, 15) is 13.6 Å². The van der Waals surface area contributed by atoms with E-state index >= 15 is 0 Å². The van der Waals surface area contributed by atoms with Crippen LogP contribution in [0, 0.1) is 13.8 Å². The van der Waals surface area contributed by atoms with Crippen molar-refractivity contribution in [2.24, 2.45) is 0 Å². The van der Waals surface area contributed by atoms with Gasteiger partial charge < -0.3 is 4.98 Å². The Balaban J connectivity index is 3.04. The Bertz CT molecular complexity index is 304. The Kier molecular flexibility index (Phi) is 2.26. The predicted octanol–water partition coefficient (Wildman–Crippen LogP) is 2.08.